The van der Waals surface area contributed by atoms with Crippen LogP contribution in [-0.2, 0) is 28.6 Å². The summed E-state index contributed by atoms with van der Waals surface area (Å²) in [5.41, 5.74) is 0. The molecule has 0 saturated heterocycles. The molecule has 0 aliphatic rings. The van der Waals surface area contributed by atoms with Crippen LogP contribution in [0.5, 0.6) is 0 Å². The largest absolute Gasteiger partial charge is 0.462 e. The zero-order valence-electron chi connectivity index (χ0n) is 38.4. The van der Waals surface area contributed by atoms with Gasteiger partial charge in [-0.15, -0.1) is 0 Å². The highest BCUT2D eigenvalue weighted by atomic mass is 16.6. The quantitative estimate of drug-likeness (QED) is 0.0202. The summed E-state index contributed by atoms with van der Waals surface area (Å²) in [5.74, 6) is -1.17. The summed E-state index contributed by atoms with van der Waals surface area (Å²) in [6.07, 6.45) is 68.6. The van der Waals surface area contributed by atoms with Crippen molar-refractivity contribution in [2.75, 3.05) is 13.2 Å². The molecule has 0 fully saturated rings. The van der Waals surface area contributed by atoms with E-state index in [1.54, 1.807) is 0 Å². The van der Waals surface area contributed by atoms with Crippen LogP contribution in [0.15, 0.2) is 146 Å². The normalized spacial score (nSPS) is 13.4. The molecule has 0 N–H and O–H groups in total. The molecular weight excluding hydrogens is 757 g/mol. The fourth-order valence-corrected chi connectivity index (χ4v) is 5.50. The minimum Gasteiger partial charge on any atom is -0.462 e. The van der Waals surface area contributed by atoms with Gasteiger partial charge in [0.25, 0.3) is 0 Å². The second-order valence-electron chi connectivity index (χ2n) is 14.7. The number of hydrogen-bond acceptors (Lipinski definition) is 6. The number of hydrogen-bond donors (Lipinski definition) is 0. The van der Waals surface area contributed by atoms with Gasteiger partial charge in [0, 0.05) is 19.3 Å². The molecule has 0 saturated carbocycles. The van der Waals surface area contributed by atoms with Gasteiger partial charge in [0.1, 0.15) is 13.2 Å². The monoisotopic (exact) mass is 839 g/mol. The lowest BCUT2D eigenvalue weighted by molar-refractivity contribution is -0.166. The Morgan fingerprint density at radius 2 is 0.754 bits per heavy atom. The second kappa shape index (κ2) is 48.0. The highest BCUT2D eigenvalue weighted by Gasteiger charge is 2.19. The molecule has 61 heavy (non-hydrogen) atoms. The maximum atomic E-state index is 12.7. The van der Waals surface area contributed by atoms with Gasteiger partial charge in [-0.05, 0) is 89.9 Å². The number of rotatable bonds is 39. The number of ether oxygens (including phenoxy) is 3. The van der Waals surface area contributed by atoms with E-state index in [1.807, 2.05) is 60.8 Å². The molecule has 6 nitrogen and oxygen atoms in total. The predicted octanol–water partition coefficient (Wildman–Crippen LogP) is 15.3. The van der Waals surface area contributed by atoms with Crippen molar-refractivity contribution in [3.63, 3.8) is 0 Å². The minimum absolute atomic E-state index is 0.160. The van der Waals surface area contributed by atoms with Crippen LogP contribution in [-0.4, -0.2) is 37.2 Å². The van der Waals surface area contributed by atoms with E-state index in [2.05, 4.69) is 106 Å². The van der Waals surface area contributed by atoms with Crippen molar-refractivity contribution in [3.05, 3.63) is 146 Å². The van der Waals surface area contributed by atoms with E-state index in [1.165, 1.54) is 38.5 Å². The van der Waals surface area contributed by atoms with Crippen LogP contribution in [0.3, 0.4) is 0 Å². The van der Waals surface area contributed by atoms with Crippen molar-refractivity contribution in [2.24, 2.45) is 0 Å². The van der Waals surface area contributed by atoms with Crippen molar-refractivity contribution >= 4 is 17.9 Å². The summed E-state index contributed by atoms with van der Waals surface area (Å²) in [7, 11) is 0. The Morgan fingerprint density at radius 1 is 0.361 bits per heavy atom. The fraction of sp³-hybridized carbons (Fsp3) is 0.509. The van der Waals surface area contributed by atoms with Crippen LogP contribution in [0.4, 0.5) is 0 Å². The van der Waals surface area contributed by atoms with Crippen molar-refractivity contribution < 1.29 is 28.6 Å². The highest BCUT2D eigenvalue weighted by molar-refractivity contribution is 5.71. The number of carbonyl (C=O) groups excluding carboxylic acids is 3. The summed E-state index contributed by atoms with van der Waals surface area (Å²) in [6.45, 7) is 6.16. The van der Waals surface area contributed by atoms with Gasteiger partial charge in [-0.2, -0.15) is 0 Å². The lowest BCUT2D eigenvalue weighted by Crippen LogP contribution is -2.30. The smallest absolute Gasteiger partial charge is 0.306 e. The molecule has 1 unspecified atom stereocenters. The minimum atomic E-state index is -0.865. The molecule has 6 heteroatoms. The fourth-order valence-electron chi connectivity index (χ4n) is 5.50. The first-order valence-electron chi connectivity index (χ1n) is 23.4. The number of allylic oxidation sites excluding steroid dienone is 24. The third-order valence-corrected chi connectivity index (χ3v) is 8.95. The third kappa shape index (κ3) is 46.2. The van der Waals surface area contributed by atoms with E-state index in [4.69, 9.17) is 14.2 Å². The Kier molecular flexibility index (Phi) is 44.3. The maximum absolute atomic E-state index is 12.7. The third-order valence-electron chi connectivity index (χ3n) is 8.95. The van der Waals surface area contributed by atoms with Gasteiger partial charge in [-0.1, -0.05) is 199 Å². The van der Waals surface area contributed by atoms with Gasteiger partial charge in [0.15, 0.2) is 6.10 Å². The summed E-state index contributed by atoms with van der Waals surface area (Å²) in [5, 5.41) is 0. The summed E-state index contributed by atoms with van der Waals surface area (Å²) in [4.78, 5) is 37.7. The van der Waals surface area contributed by atoms with Crippen LogP contribution in [0, 0.1) is 0 Å². The topological polar surface area (TPSA) is 78.9 Å². The van der Waals surface area contributed by atoms with Crippen molar-refractivity contribution in [2.45, 2.75) is 168 Å². The molecule has 0 aromatic carbocycles. The molecule has 0 heterocycles. The van der Waals surface area contributed by atoms with Crippen molar-refractivity contribution in [1.82, 2.24) is 0 Å². The number of unbranched alkanes of at least 4 members (excludes halogenated alkanes) is 8. The van der Waals surface area contributed by atoms with Crippen molar-refractivity contribution in [3.8, 4) is 0 Å². The van der Waals surface area contributed by atoms with E-state index >= 15 is 0 Å². The van der Waals surface area contributed by atoms with Crippen LogP contribution in [0.25, 0.3) is 0 Å². The van der Waals surface area contributed by atoms with Gasteiger partial charge in [0.05, 0.1) is 0 Å². The Hall–Kier alpha value is -4.71. The van der Waals surface area contributed by atoms with Crippen LogP contribution >= 0.6 is 0 Å². The SMILES string of the molecule is CC/C=C/C=C/C=C/C=C/C=C/CCCC(=O)OC(COC(=O)CC/C=C/C/C=C/CCCCCCCC)COC(=O)CCC/C=C/C/C=C/C/C=C/C/C=C/C/C=C/CC. The van der Waals surface area contributed by atoms with Crippen molar-refractivity contribution in [1.29, 1.82) is 0 Å². The molecule has 0 radical (unpaired) electrons. The molecule has 0 aromatic heterocycles. The summed E-state index contributed by atoms with van der Waals surface area (Å²) < 4.78 is 16.5. The van der Waals surface area contributed by atoms with Gasteiger partial charge < -0.3 is 14.2 Å². The maximum Gasteiger partial charge on any atom is 0.306 e. The summed E-state index contributed by atoms with van der Waals surface area (Å²) >= 11 is 0. The van der Waals surface area contributed by atoms with E-state index in [0.717, 1.165) is 57.8 Å². The molecule has 0 aromatic rings. The van der Waals surface area contributed by atoms with Crippen LogP contribution in [0.2, 0.25) is 0 Å². The van der Waals surface area contributed by atoms with Gasteiger partial charge >= 0.3 is 17.9 Å². The van der Waals surface area contributed by atoms with Gasteiger partial charge in [-0.3, -0.25) is 14.4 Å². The first-order valence-corrected chi connectivity index (χ1v) is 23.4. The van der Waals surface area contributed by atoms with E-state index in [0.29, 0.717) is 25.7 Å². The molecule has 0 amide bonds. The lowest BCUT2D eigenvalue weighted by atomic mass is 10.1. The number of carbonyl (C=O) groups is 3. The molecular formula is C55H82O6. The second-order valence-corrected chi connectivity index (χ2v) is 14.7. The zero-order chi connectivity index (χ0) is 44.4. The first kappa shape index (κ1) is 56.3. The molecule has 338 valence electrons. The molecule has 0 aliphatic carbocycles. The standard InChI is InChI=1S/C55H82O6/c1-4-7-10-13-16-19-22-25-26-27-28-31-33-36-39-42-45-48-54(57)60-51-52(61-55(58)49-46-43-40-37-34-30-24-21-18-15-12-9-6-3)50-59-53(56)47-44-41-38-35-32-29-23-20-17-14-11-8-5-2/h7,9-10,12,15-16,18-19,21,24-26,28-32,34,36-41,52H,4-6,8,11,13-14,17,20,22-23,27,33,35,42-51H2,1-3H3/b10-7+,12-9+,18-15+,19-16+,24-21+,26-25+,31-28+,32-29+,34-30+,39-36+,40-37+,41-38+. The lowest BCUT2D eigenvalue weighted by Gasteiger charge is -2.18. The zero-order valence-corrected chi connectivity index (χ0v) is 38.4. The average molecular weight is 839 g/mol. The van der Waals surface area contributed by atoms with Gasteiger partial charge in [-0.25, -0.2) is 0 Å². The molecule has 0 spiro atoms. The molecule has 0 aliphatic heterocycles. The van der Waals surface area contributed by atoms with Crippen LogP contribution < -0.4 is 0 Å². The van der Waals surface area contributed by atoms with Gasteiger partial charge in [0.2, 0.25) is 0 Å². The Bertz CT molecular complexity index is 1430. The molecule has 0 bridgehead atoms. The van der Waals surface area contributed by atoms with E-state index in [9.17, 15) is 14.4 Å². The average Bonchev–Trinajstić information content (AvgIpc) is 3.26. The Balaban J connectivity index is 4.68. The highest BCUT2D eigenvalue weighted by Crippen LogP contribution is 2.09. The van der Waals surface area contributed by atoms with Crippen LogP contribution in [0.1, 0.15) is 162 Å². The Morgan fingerprint density at radius 3 is 1.30 bits per heavy atom. The number of esters is 3. The van der Waals surface area contributed by atoms with E-state index < -0.39 is 12.1 Å². The Labute approximate surface area is 372 Å². The van der Waals surface area contributed by atoms with E-state index in [-0.39, 0.29) is 44.4 Å². The predicted molar refractivity (Wildman–Crippen MR) is 260 cm³/mol. The molecule has 1 atom stereocenters. The first-order chi connectivity index (χ1) is 30.0. The summed E-state index contributed by atoms with van der Waals surface area (Å²) in [6, 6.07) is 0. The molecule has 0 rings (SSSR count).